The van der Waals surface area contributed by atoms with Gasteiger partial charge in [-0.25, -0.2) is 4.79 Å². The van der Waals surface area contributed by atoms with Gasteiger partial charge >= 0.3 is 17.9 Å². The van der Waals surface area contributed by atoms with Crippen LogP contribution in [0.4, 0.5) is 0 Å². The number of carbonyl (C=O) groups is 7. The Kier molecular flexibility index (Phi) is 11.4. The molecule has 0 bridgehead atoms. The number of hydrogen-bond acceptors (Lipinski definition) is 8. The summed E-state index contributed by atoms with van der Waals surface area (Å²) in [5, 5.41) is 38.3. The Morgan fingerprint density at radius 2 is 1.59 bits per heavy atom. The number of aliphatic carboxylic acids is 3. The molecular weight excluding hydrogens is 458 g/mol. The molecule has 1 fully saturated rings. The lowest BCUT2D eigenvalue weighted by atomic mass is 10.1. The van der Waals surface area contributed by atoms with Crippen LogP contribution in [0.1, 0.15) is 39.0 Å². The molecule has 1 heterocycles. The van der Waals surface area contributed by atoms with Crippen LogP contribution in [0.5, 0.6) is 0 Å². The average molecular weight is 487 g/mol. The number of hydrogen-bond donors (Lipinski definition) is 8. The second-order valence-corrected chi connectivity index (χ2v) is 7.65. The number of nitrogens with one attached hydrogen (secondary N) is 5. The molecule has 4 atom stereocenters. The van der Waals surface area contributed by atoms with E-state index in [9.17, 15) is 33.6 Å². The third-order valence-electron chi connectivity index (χ3n) is 4.84. The zero-order valence-corrected chi connectivity index (χ0v) is 18.5. The van der Waals surface area contributed by atoms with Crippen molar-refractivity contribution in [3.8, 4) is 0 Å². The van der Waals surface area contributed by atoms with Gasteiger partial charge in [-0.1, -0.05) is 0 Å². The van der Waals surface area contributed by atoms with Gasteiger partial charge in [0.25, 0.3) is 0 Å². The van der Waals surface area contributed by atoms with Gasteiger partial charge in [0.1, 0.15) is 18.1 Å². The topological polar surface area (TPSA) is 240 Å². The van der Waals surface area contributed by atoms with Gasteiger partial charge in [-0.2, -0.15) is 0 Å². The highest BCUT2D eigenvalue weighted by atomic mass is 16.4. The molecule has 15 nitrogen and oxygen atoms in total. The molecule has 0 aromatic rings. The van der Waals surface area contributed by atoms with Crippen LogP contribution in [-0.2, 0) is 33.6 Å². The summed E-state index contributed by atoms with van der Waals surface area (Å²) < 4.78 is 0. The molecule has 1 saturated heterocycles. The SMILES string of the molecule is C[C@H](NC(=O)[C@H](CCC(=O)O)NC(=O)[C@@H]1CCCN1)C(=O)NCC(=O)N[C@@H](CC(=O)O)C(=O)O. The summed E-state index contributed by atoms with van der Waals surface area (Å²) in [5.74, 6) is -7.24. The maximum atomic E-state index is 12.6. The molecule has 1 rings (SSSR count). The number of rotatable bonds is 14. The molecular formula is C19H29N5O10. The zero-order chi connectivity index (χ0) is 25.8. The van der Waals surface area contributed by atoms with Crippen molar-refractivity contribution >= 4 is 41.5 Å². The monoisotopic (exact) mass is 487 g/mol. The van der Waals surface area contributed by atoms with E-state index in [1.54, 1.807) is 0 Å². The van der Waals surface area contributed by atoms with Gasteiger partial charge in [0.2, 0.25) is 23.6 Å². The van der Waals surface area contributed by atoms with E-state index in [0.29, 0.717) is 13.0 Å². The predicted octanol–water partition coefficient (Wildman–Crippen LogP) is -3.25. The Balaban J connectivity index is 2.61. The Labute approximate surface area is 194 Å². The summed E-state index contributed by atoms with van der Waals surface area (Å²) in [6.07, 6.45) is -0.135. The van der Waals surface area contributed by atoms with E-state index in [-0.39, 0.29) is 6.42 Å². The Morgan fingerprint density at radius 1 is 0.912 bits per heavy atom. The summed E-state index contributed by atoms with van der Waals surface area (Å²) >= 11 is 0. The molecule has 0 aromatic carbocycles. The molecule has 0 spiro atoms. The maximum absolute atomic E-state index is 12.6. The first-order valence-electron chi connectivity index (χ1n) is 10.5. The summed E-state index contributed by atoms with van der Waals surface area (Å²) in [7, 11) is 0. The van der Waals surface area contributed by atoms with Crippen LogP contribution in [0.3, 0.4) is 0 Å². The van der Waals surface area contributed by atoms with E-state index in [4.69, 9.17) is 15.3 Å². The van der Waals surface area contributed by atoms with Crippen LogP contribution in [0.15, 0.2) is 0 Å². The highest BCUT2D eigenvalue weighted by Crippen LogP contribution is 2.07. The van der Waals surface area contributed by atoms with Gasteiger partial charge in [0, 0.05) is 6.42 Å². The highest BCUT2D eigenvalue weighted by molar-refractivity contribution is 5.94. The fourth-order valence-electron chi connectivity index (χ4n) is 3.04. The molecule has 1 aliphatic heterocycles. The van der Waals surface area contributed by atoms with E-state index in [0.717, 1.165) is 6.42 Å². The molecule has 0 unspecified atom stereocenters. The molecule has 1 aliphatic rings. The standard InChI is InChI=1S/C19H29N5O10/c1-9(16(30)21-8-13(25)23-12(19(33)34)7-15(28)29)22-18(32)11(4-5-14(26)27)24-17(31)10-3-2-6-20-10/h9-12,20H,2-8H2,1H3,(H,21,30)(H,22,32)(H,23,25)(H,24,31)(H,26,27)(H,28,29)(H,33,34)/t9-,10-,11-,12-/m0/s1. The van der Waals surface area contributed by atoms with Crippen LogP contribution in [0.25, 0.3) is 0 Å². The average Bonchev–Trinajstić information content (AvgIpc) is 3.28. The lowest BCUT2D eigenvalue weighted by Gasteiger charge is -2.22. The summed E-state index contributed by atoms with van der Waals surface area (Å²) in [6, 6.07) is -4.59. The molecule has 34 heavy (non-hydrogen) atoms. The smallest absolute Gasteiger partial charge is 0.326 e. The fourth-order valence-corrected chi connectivity index (χ4v) is 3.04. The minimum absolute atomic E-state index is 0.212. The Bertz CT molecular complexity index is 811. The molecule has 0 saturated carbocycles. The highest BCUT2D eigenvalue weighted by Gasteiger charge is 2.29. The first kappa shape index (κ1) is 28.3. The van der Waals surface area contributed by atoms with E-state index in [1.165, 1.54) is 6.92 Å². The molecule has 15 heteroatoms. The number of carbonyl (C=O) groups excluding carboxylic acids is 4. The molecule has 0 radical (unpaired) electrons. The van der Waals surface area contributed by atoms with Gasteiger partial charge in [-0.15, -0.1) is 0 Å². The Morgan fingerprint density at radius 3 is 2.12 bits per heavy atom. The first-order valence-corrected chi connectivity index (χ1v) is 10.5. The van der Waals surface area contributed by atoms with Crippen molar-refractivity contribution in [1.29, 1.82) is 0 Å². The van der Waals surface area contributed by atoms with Gasteiger partial charge in [-0.3, -0.25) is 28.8 Å². The summed E-state index contributed by atoms with van der Waals surface area (Å²) in [6.45, 7) is 1.23. The van der Waals surface area contributed by atoms with Crippen LogP contribution in [-0.4, -0.2) is 94.1 Å². The van der Waals surface area contributed by atoms with Gasteiger partial charge in [0.15, 0.2) is 0 Å². The molecule has 0 aromatic heterocycles. The van der Waals surface area contributed by atoms with Crippen molar-refractivity contribution in [1.82, 2.24) is 26.6 Å². The minimum Gasteiger partial charge on any atom is -0.481 e. The third kappa shape index (κ3) is 10.2. The quantitative estimate of drug-likeness (QED) is 0.121. The molecule has 8 N–H and O–H groups in total. The van der Waals surface area contributed by atoms with Crippen LogP contribution in [0, 0.1) is 0 Å². The van der Waals surface area contributed by atoms with E-state index >= 15 is 0 Å². The normalized spacial score (nSPS) is 17.5. The van der Waals surface area contributed by atoms with Crippen molar-refractivity contribution in [2.45, 2.75) is 63.2 Å². The van der Waals surface area contributed by atoms with Crippen molar-refractivity contribution < 1.29 is 48.9 Å². The second-order valence-electron chi connectivity index (χ2n) is 7.65. The molecule has 4 amide bonds. The molecule has 0 aliphatic carbocycles. The van der Waals surface area contributed by atoms with E-state index < -0.39 is 85.1 Å². The van der Waals surface area contributed by atoms with Gasteiger partial charge < -0.3 is 41.9 Å². The summed E-state index contributed by atoms with van der Waals surface area (Å²) in [5.41, 5.74) is 0. The molecule has 190 valence electrons. The van der Waals surface area contributed by atoms with E-state index in [2.05, 4.69) is 21.3 Å². The summed E-state index contributed by atoms with van der Waals surface area (Å²) in [4.78, 5) is 81.4. The first-order chi connectivity index (χ1) is 15.9. The Hall–Kier alpha value is -3.75. The predicted molar refractivity (Wildman–Crippen MR) is 112 cm³/mol. The third-order valence-corrected chi connectivity index (χ3v) is 4.84. The van der Waals surface area contributed by atoms with E-state index in [1.807, 2.05) is 5.32 Å². The van der Waals surface area contributed by atoms with Gasteiger partial charge in [-0.05, 0) is 32.7 Å². The second kappa shape index (κ2) is 13.7. The van der Waals surface area contributed by atoms with Crippen LogP contribution in [0.2, 0.25) is 0 Å². The zero-order valence-electron chi connectivity index (χ0n) is 18.5. The number of carboxylic acids is 3. The van der Waals surface area contributed by atoms with Gasteiger partial charge in [0.05, 0.1) is 19.0 Å². The maximum Gasteiger partial charge on any atom is 0.326 e. The van der Waals surface area contributed by atoms with Crippen molar-refractivity contribution in [2.24, 2.45) is 0 Å². The number of amides is 4. The fraction of sp³-hybridized carbons (Fsp3) is 0.632. The minimum atomic E-state index is -1.69. The van der Waals surface area contributed by atoms with Crippen molar-refractivity contribution in [2.75, 3.05) is 13.1 Å². The lowest BCUT2D eigenvalue weighted by molar-refractivity contribution is -0.147. The van der Waals surface area contributed by atoms with Crippen LogP contribution >= 0.6 is 0 Å². The number of carboxylic acid groups (broad SMARTS) is 3. The van der Waals surface area contributed by atoms with Crippen molar-refractivity contribution in [3.05, 3.63) is 0 Å². The lowest BCUT2D eigenvalue weighted by Crippen LogP contribution is -2.55. The largest absolute Gasteiger partial charge is 0.481 e. The van der Waals surface area contributed by atoms with Crippen LogP contribution < -0.4 is 26.6 Å². The van der Waals surface area contributed by atoms with Crippen molar-refractivity contribution in [3.63, 3.8) is 0 Å².